The average Bonchev–Trinajstić information content (AvgIpc) is 2.20. The molecular formula is C15H30O2Si2. The molecule has 0 aromatic heterocycles. The van der Waals surface area contributed by atoms with Crippen LogP contribution in [0.3, 0.4) is 0 Å². The maximum absolute atomic E-state index is 12.0. The van der Waals surface area contributed by atoms with Crippen LogP contribution < -0.4 is 0 Å². The SMILES string of the molecule is C=C(C)C(=O)OC1(C[Si](C)(C)C)CC[Si](C)(C)CC1. The first kappa shape index (κ1) is 16.7. The molecule has 2 nitrogen and oxygen atoms in total. The summed E-state index contributed by atoms with van der Waals surface area (Å²) in [5, 5.41) is 0. The van der Waals surface area contributed by atoms with Crippen LogP contribution in [0.15, 0.2) is 12.2 Å². The van der Waals surface area contributed by atoms with E-state index in [1.807, 2.05) is 0 Å². The minimum absolute atomic E-state index is 0.191. The molecule has 0 unspecified atom stereocenters. The summed E-state index contributed by atoms with van der Waals surface area (Å²) in [5.74, 6) is -0.195. The largest absolute Gasteiger partial charge is 0.456 e. The van der Waals surface area contributed by atoms with Crippen molar-refractivity contribution in [3.63, 3.8) is 0 Å². The Labute approximate surface area is 120 Å². The zero-order valence-electron chi connectivity index (χ0n) is 13.6. The van der Waals surface area contributed by atoms with Gasteiger partial charge in [0.1, 0.15) is 5.60 Å². The van der Waals surface area contributed by atoms with Crippen LogP contribution in [-0.4, -0.2) is 27.7 Å². The highest BCUT2D eigenvalue weighted by atomic mass is 28.3. The van der Waals surface area contributed by atoms with E-state index in [0.717, 1.165) is 18.9 Å². The summed E-state index contributed by atoms with van der Waals surface area (Å²) in [6.45, 7) is 17.5. The Balaban J connectivity index is 2.86. The molecule has 0 radical (unpaired) electrons. The Hall–Kier alpha value is -0.356. The van der Waals surface area contributed by atoms with E-state index in [4.69, 9.17) is 4.74 Å². The molecule has 1 rings (SSSR count). The van der Waals surface area contributed by atoms with E-state index in [1.54, 1.807) is 6.92 Å². The van der Waals surface area contributed by atoms with Crippen molar-refractivity contribution in [2.24, 2.45) is 0 Å². The highest BCUT2D eigenvalue weighted by Gasteiger charge is 2.44. The van der Waals surface area contributed by atoms with Crippen LogP contribution in [0.1, 0.15) is 19.8 Å². The third-order valence-corrected chi connectivity index (χ3v) is 8.94. The molecule has 19 heavy (non-hydrogen) atoms. The summed E-state index contributed by atoms with van der Waals surface area (Å²) in [6.07, 6.45) is 2.13. The number of esters is 1. The zero-order valence-corrected chi connectivity index (χ0v) is 15.6. The maximum atomic E-state index is 12.0. The Morgan fingerprint density at radius 2 is 1.74 bits per heavy atom. The smallest absolute Gasteiger partial charge is 0.333 e. The lowest BCUT2D eigenvalue weighted by molar-refractivity contribution is -0.154. The molecule has 0 aromatic carbocycles. The number of ether oxygens (including phenoxy) is 1. The van der Waals surface area contributed by atoms with E-state index in [2.05, 4.69) is 39.3 Å². The monoisotopic (exact) mass is 298 g/mol. The van der Waals surface area contributed by atoms with Gasteiger partial charge in [-0.25, -0.2) is 4.79 Å². The average molecular weight is 299 g/mol. The number of carbonyl (C=O) groups is 1. The summed E-state index contributed by atoms with van der Waals surface area (Å²) >= 11 is 0. The van der Waals surface area contributed by atoms with Gasteiger partial charge in [0.15, 0.2) is 0 Å². The summed E-state index contributed by atoms with van der Waals surface area (Å²) in [4.78, 5) is 12.0. The Morgan fingerprint density at radius 1 is 1.26 bits per heavy atom. The van der Waals surface area contributed by atoms with Gasteiger partial charge in [0, 0.05) is 21.7 Å². The summed E-state index contributed by atoms with van der Waals surface area (Å²) in [7, 11) is -2.29. The molecule has 1 aliphatic rings. The van der Waals surface area contributed by atoms with Gasteiger partial charge in [0.2, 0.25) is 0 Å². The van der Waals surface area contributed by atoms with Crippen molar-refractivity contribution < 1.29 is 9.53 Å². The second kappa shape index (κ2) is 5.56. The Morgan fingerprint density at radius 3 is 2.11 bits per heavy atom. The molecule has 0 bridgehead atoms. The number of hydrogen-bond donors (Lipinski definition) is 0. The normalized spacial score (nSPS) is 21.8. The van der Waals surface area contributed by atoms with Crippen molar-refractivity contribution >= 4 is 22.1 Å². The summed E-state index contributed by atoms with van der Waals surface area (Å²) in [5.41, 5.74) is 0.334. The van der Waals surface area contributed by atoms with Gasteiger partial charge in [-0.3, -0.25) is 0 Å². The van der Waals surface area contributed by atoms with E-state index in [0.29, 0.717) is 5.57 Å². The van der Waals surface area contributed by atoms with Crippen molar-refractivity contribution in [1.29, 1.82) is 0 Å². The van der Waals surface area contributed by atoms with E-state index in [9.17, 15) is 4.79 Å². The van der Waals surface area contributed by atoms with Gasteiger partial charge < -0.3 is 4.74 Å². The first-order chi connectivity index (χ1) is 8.45. The summed E-state index contributed by atoms with van der Waals surface area (Å²) < 4.78 is 5.93. The van der Waals surface area contributed by atoms with Crippen molar-refractivity contribution in [2.45, 2.75) is 76.2 Å². The van der Waals surface area contributed by atoms with Crippen LogP contribution in [-0.2, 0) is 9.53 Å². The molecule has 0 N–H and O–H groups in total. The van der Waals surface area contributed by atoms with E-state index >= 15 is 0 Å². The minimum atomic E-state index is -1.26. The van der Waals surface area contributed by atoms with Gasteiger partial charge in [-0.2, -0.15) is 0 Å². The molecule has 1 saturated heterocycles. The third-order valence-electron chi connectivity index (χ3n) is 4.02. The topological polar surface area (TPSA) is 26.3 Å². The first-order valence-corrected chi connectivity index (χ1v) is 14.5. The molecule has 1 heterocycles. The number of carbonyl (C=O) groups excluding carboxylic acids is 1. The van der Waals surface area contributed by atoms with Crippen molar-refractivity contribution in [3.8, 4) is 0 Å². The molecule has 0 amide bonds. The summed E-state index contributed by atoms with van der Waals surface area (Å²) in [6, 6.07) is 3.64. The highest BCUT2D eigenvalue weighted by Crippen LogP contribution is 2.42. The van der Waals surface area contributed by atoms with Crippen LogP contribution in [0.5, 0.6) is 0 Å². The molecule has 0 saturated carbocycles. The zero-order chi connectivity index (χ0) is 14.9. The molecular weight excluding hydrogens is 268 g/mol. The van der Waals surface area contributed by atoms with E-state index in [1.165, 1.54) is 12.1 Å². The number of hydrogen-bond acceptors (Lipinski definition) is 2. The fourth-order valence-electron chi connectivity index (χ4n) is 2.95. The quantitative estimate of drug-likeness (QED) is 0.428. The van der Waals surface area contributed by atoms with E-state index in [-0.39, 0.29) is 11.6 Å². The fourth-order valence-corrected chi connectivity index (χ4v) is 7.82. The standard InChI is InChI=1S/C15H30O2Si2/c1-13(2)14(16)17-15(12-18(3,4)5)8-10-19(6,7)11-9-15/h1,8-12H2,2-7H3. The molecule has 1 aliphatic heterocycles. The van der Waals surface area contributed by atoms with Gasteiger partial charge in [-0.1, -0.05) is 51.4 Å². The third kappa shape index (κ3) is 5.26. The van der Waals surface area contributed by atoms with Crippen LogP contribution in [0.4, 0.5) is 0 Å². The molecule has 110 valence electrons. The predicted molar refractivity (Wildman–Crippen MR) is 88.1 cm³/mol. The molecule has 0 atom stereocenters. The van der Waals surface area contributed by atoms with Crippen molar-refractivity contribution in [1.82, 2.24) is 0 Å². The van der Waals surface area contributed by atoms with Crippen LogP contribution >= 0.6 is 0 Å². The van der Waals surface area contributed by atoms with Gasteiger partial charge >= 0.3 is 5.97 Å². The lowest BCUT2D eigenvalue weighted by Gasteiger charge is -2.44. The van der Waals surface area contributed by atoms with Crippen LogP contribution in [0.2, 0.25) is 50.9 Å². The molecule has 4 heteroatoms. The lowest BCUT2D eigenvalue weighted by Crippen LogP contribution is -2.48. The van der Waals surface area contributed by atoms with Crippen LogP contribution in [0.25, 0.3) is 0 Å². The first-order valence-electron chi connectivity index (χ1n) is 7.34. The van der Waals surface area contributed by atoms with Crippen molar-refractivity contribution in [2.75, 3.05) is 0 Å². The lowest BCUT2D eigenvalue weighted by atomic mass is 9.98. The van der Waals surface area contributed by atoms with Gasteiger partial charge in [0.05, 0.1) is 0 Å². The van der Waals surface area contributed by atoms with Gasteiger partial charge in [0.25, 0.3) is 0 Å². The molecule has 0 aromatic rings. The molecule has 0 aliphatic carbocycles. The molecule has 1 fully saturated rings. The highest BCUT2D eigenvalue weighted by molar-refractivity contribution is 6.78. The van der Waals surface area contributed by atoms with Crippen LogP contribution in [0, 0.1) is 0 Å². The fraction of sp³-hybridized carbons (Fsp3) is 0.800. The van der Waals surface area contributed by atoms with Gasteiger partial charge in [-0.05, 0) is 25.8 Å². The van der Waals surface area contributed by atoms with Gasteiger partial charge in [-0.15, -0.1) is 0 Å². The Kier molecular flexibility index (Phi) is 4.89. The van der Waals surface area contributed by atoms with E-state index < -0.39 is 16.1 Å². The molecule has 0 spiro atoms. The second-order valence-electron chi connectivity index (χ2n) is 8.25. The number of rotatable bonds is 4. The minimum Gasteiger partial charge on any atom is -0.456 e. The van der Waals surface area contributed by atoms with Crippen molar-refractivity contribution in [3.05, 3.63) is 12.2 Å². The maximum Gasteiger partial charge on any atom is 0.333 e. The Bertz CT molecular complexity index is 357. The predicted octanol–water partition coefficient (Wildman–Crippen LogP) is 4.68. The second-order valence-corrected chi connectivity index (χ2v) is 19.1.